The zero-order valence-electron chi connectivity index (χ0n) is 12.9. The number of nitrogens with one attached hydrogen (secondary N) is 1. The van der Waals surface area contributed by atoms with Crippen LogP contribution < -0.4 is 11.1 Å². The summed E-state index contributed by atoms with van der Waals surface area (Å²) < 4.78 is 5.13. The molecule has 1 aromatic rings. The number of rotatable bonds is 7. The first-order valence-electron chi connectivity index (χ1n) is 7.28. The van der Waals surface area contributed by atoms with E-state index >= 15 is 0 Å². The van der Waals surface area contributed by atoms with Gasteiger partial charge in [0, 0.05) is 25.3 Å². The van der Waals surface area contributed by atoms with Crippen LogP contribution in [0.15, 0.2) is 4.52 Å². The van der Waals surface area contributed by atoms with Crippen molar-refractivity contribution >= 4 is 18.3 Å². The fraction of sp³-hybridized carbons (Fsp3) is 0.786. The summed E-state index contributed by atoms with van der Waals surface area (Å²) in [6.07, 6.45) is 3.11. The summed E-state index contributed by atoms with van der Waals surface area (Å²) in [5, 5.41) is 6.94. The molecule has 0 aromatic carbocycles. The van der Waals surface area contributed by atoms with Crippen molar-refractivity contribution in [1.29, 1.82) is 0 Å². The van der Waals surface area contributed by atoms with Gasteiger partial charge in [0.15, 0.2) is 5.82 Å². The first kappa shape index (κ1) is 17.9. The molecule has 1 atom stereocenters. The number of nitrogens with zero attached hydrogens (tertiary/aromatic N) is 2. The molecular weight excluding hydrogens is 292 g/mol. The monoisotopic (exact) mass is 316 g/mol. The van der Waals surface area contributed by atoms with Crippen LogP contribution >= 0.6 is 12.4 Å². The average Bonchev–Trinajstić information content (AvgIpc) is 3.15. The lowest BCUT2D eigenvalue weighted by atomic mass is 9.95. The normalized spacial score (nSPS) is 17.2. The molecule has 0 saturated heterocycles. The minimum atomic E-state index is -0.269. The number of hydrogen-bond acceptors (Lipinski definition) is 5. The maximum absolute atomic E-state index is 12.0. The van der Waals surface area contributed by atoms with Crippen LogP contribution in [0.25, 0.3) is 0 Å². The van der Waals surface area contributed by atoms with Crippen molar-refractivity contribution in [3.8, 4) is 0 Å². The van der Waals surface area contributed by atoms with E-state index in [0.29, 0.717) is 37.0 Å². The Morgan fingerprint density at radius 3 is 2.67 bits per heavy atom. The molecule has 1 fully saturated rings. The van der Waals surface area contributed by atoms with Crippen LogP contribution in [0.4, 0.5) is 0 Å². The zero-order chi connectivity index (χ0) is 14.8. The number of aromatic nitrogens is 2. The van der Waals surface area contributed by atoms with Crippen molar-refractivity contribution < 1.29 is 9.32 Å². The summed E-state index contributed by atoms with van der Waals surface area (Å²) in [5.74, 6) is 1.95. The van der Waals surface area contributed by atoms with Gasteiger partial charge in [-0.1, -0.05) is 19.0 Å². The second-order valence-electron chi connectivity index (χ2n) is 6.15. The van der Waals surface area contributed by atoms with Gasteiger partial charge in [0.1, 0.15) is 0 Å². The van der Waals surface area contributed by atoms with E-state index in [0.717, 1.165) is 12.8 Å². The molecule has 0 spiro atoms. The molecule has 1 amide bonds. The Hall–Kier alpha value is -1.14. The van der Waals surface area contributed by atoms with Crippen LogP contribution in [0.1, 0.15) is 57.7 Å². The molecule has 1 heterocycles. The van der Waals surface area contributed by atoms with E-state index in [1.54, 1.807) is 0 Å². The van der Waals surface area contributed by atoms with E-state index in [9.17, 15) is 4.79 Å². The largest absolute Gasteiger partial charge is 0.349 e. The summed E-state index contributed by atoms with van der Waals surface area (Å²) in [7, 11) is 0. The van der Waals surface area contributed by atoms with Gasteiger partial charge in [0.05, 0.1) is 5.54 Å². The van der Waals surface area contributed by atoms with Gasteiger partial charge in [-0.05, 0) is 25.7 Å². The number of carbonyl (C=O) groups excluding carboxylic acids is 1. The number of aryl methyl sites for hydroxylation is 1. The van der Waals surface area contributed by atoms with Gasteiger partial charge >= 0.3 is 0 Å². The molecule has 0 aliphatic heterocycles. The zero-order valence-corrected chi connectivity index (χ0v) is 13.7. The van der Waals surface area contributed by atoms with Crippen molar-refractivity contribution in [3.63, 3.8) is 0 Å². The molecule has 1 unspecified atom stereocenters. The molecule has 1 aliphatic rings. The number of hydrogen-bond donors (Lipinski definition) is 2. The van der Waals surface area contributed by atoms with Crippen LogP contribution in [0.5, 0.6) is 0 Å². The van der Waals surface area contributed by atoms with E-state index in [4.69, 9.17) is 10.3 Å². The molecule has 6 nitrogen and oxygen atoms in total. The van der Waals surface area contributed by atoms with Gasteiger partial charge in [-0.3, -0.25) is 4.79 Å². The second-order valence-corrected chi connectivity index (χ2v) is 6.15. The highest BCUT2D eigenvalue weighted by molar-refractivity contribution is 5.85. The second kappa shape index (κ2) is 7.22. The Morgan fingerprint density at radius 1 is 1.52 bits per heavy atom. The van der Waals surface area contributed by atoms with Crippen molar-refractivity contribution in [2.24, 2.45) is 11.7 Å². The van der Waals surface area contributed by atoms with Gasteiger partial charge in [-0.15, -0.1) is 12.4 Å². The molecule has 3 N–H and O–H groups in total. The van der Waals surface area contributed by atoms with Crippen LogP contribution in [0.2, 0.25) is 0 Å². The van der Waals surface area contributed by atoms with E-state index < -0.39 is 0 Å². The van der Waals surface area contributed by atoms with Gasteiger partial charge in [0.25, 0.3) is 0 Å². The highest BCUT2D eigenvalue weighted by atomic mass is 35.5. The van der Waals surface area contributed by atoms with E-state index in [2.05, 4.69) is 15.5 Å². The SMILES string of the molecule is CC(C)c1noc(CCC(=O)NC(C)(CN)C2CC2)n1.Cl. The van der Waals surface area contributed by atoms with E-state index in [1.165, 1.54) is 0 Å². The molecular formula is C14H25ClN4O2. The summed E-state index contributed by atoms with van der Waals surface area (Å²) in [4.78, 5) is 16.3. The lowest BCUT2D eigenvalue weighted by molar-refractivity contribution is -0.123. The lowest BCUT2D eigenvalue weighted by Gasteiger charge is -2.29. The number of nitrogens with two attached hydrogens (primary N) is 1. The number of halogens is 1. The maximum Gasteiger partial charge on any atom is 0.227 e. The van der Waals surface area contributed by atoms with Gasteiger partial charge in [-0.2, -0.15) is 4.98 Å². The minimum Gasteiger partial charge on any atom is -0.349 e. The number of carbonyl (C=O) groups is 1. The molecule has 120 valence electrons. The molecule has 1 aliphatic carbocycles. The van der Waals surface area contributed by atoms with Gasteiger partial charge in [-0.25, -0.2) is 0 Å². The lowest BCUT2D eigenvalue weighted by Crippen LogP contribution is -2.53. The molecule has 2 rings (SSSR count). The molecule has 1 aromatic heterocycles. The van der Waals surface area contributed by atoms with Crippen LogP contribution in [-0.4, -0.2) is 28.1 Å². The predicted molar refractivity (Wildman–Crippen MR) is 82.3 cm³/mol. The Kier molecular flexibility index (Phi) is 6.16. The summed E-state index contributed by atoms with van der Waals surface area (Å²) in [5.41, 5.74) is 5.52. The third-order valence-electron chi connectivity index (χ3n) is 3.89. The highest BCUT2D eigenvalue weighted by Crippen LogP contribution is 2.38. The van der Waals surface area contributed by atoms with Crippen LogP contribution in [-0.2, 0) is 11.2 Å². The van der Waals surface area contributed by atoms with Gasteiger partial charge in [0.2, 0.25) is 11.8 Å². The molecule has 0 bridgehead atoms. The van der Waals surface area contributed by atoms with Crippen molar-refractivity contribution in [2.45, 2.75) is 57.9 Å². The summed E-state index contributed by atoms with van der Waals surface area (Å²) in [6.45, 7) is 6.50. The van der Waals surface area contributed by atoms with Gasteiger partial charge < -0.3 is 15.6 Å². The Balaban J connectivity index is 0.00000220. The fourth-order valence-electron chi connectivity index (χ4n) is 2.25. The molecule has 1 saturated carbocycles. The topological polar surface area (TPSA) is 94.0 Å². The van der Waals surface area contributed by atoms with Crippen molar-refractivity contribution in [1.82, 2.24) is 15.5 Å². The minimum absolute atomic E-state index is 0. The van der Waals surface area contributed by atoms with Crippen LogP contribution in [0.3, 0.4) is 0 Å². The highest BCUT2D eigenvalue weighted by Gasteiger charge is 2.41. The standard InChI is InChI=1S/C14H24N4O2.ClH/c1-9(2)13-16-12(20-18-13)7-6-11(19)17-14(3,8-15)10-4-5-10;/h9-10H,4-8,15H2,1-3H3,(H,17,19);1H. The van der Waals surface area contributed by atoms with Crippen LogP contribution in [0, 0.1) is 5.92 Å². The third kappa shape index (κ3) is 4.68. The fourth-order valence-corrected chi connectivity index (χ4v) is 2.25. The smallest absolute Gasteiger partial charge is 0.227 e. The number of amides is 1. The Bertz CT molecular complexity index is 473. The first-order chi connectivity index (χ1) is 9.44. The third-order valence-corrected chi connectivity index (χ3v) is 3.89. The predicted octanol–water partition coefficient (Wildman–Crippen LogP) is 1.79. The van der Waals surface area contributed by atoms with E-state index in [1.807, 2.05) is 20.8 Å². The summed E-state index contributed by atoms with van der Waals surface area (Å²) in [6, 6.07) is 0. The maximum atomic E-state index is 12.0. The molecule has 21 heavy (non-hydrogen) atoms. The Morgan fingerprint density at radius 2 is 2.19 bits per heavy atom. The molecule has 7 heteroatoms. The first-order valence-corrected chi connectivity index (χ1v) is 7.28. The van der Waals surface area contributed by atoms with Crippen molar-refractivity contribution in [3.05, 3.63) is 11.7 Å². The molecule has 0 radical (unpaired) electrons. The quantitative estimate of drug-likeness (QED) is 0.799. The Labute approximate surface area is 131 Å². The summed E-state index contributed by atoms with van der Waals surface area (Å²) >= 11 is 0. The van der Waals surface area contributed by atoms with E-state index in [-0.39, 0.29) is 29.8 Å². The average molecular weight is 317 g/mol. The van der Waals surface area contributed by atoms with Crippen molar-refractivity contribution in [2.75, 3.05) is 6.54 Å².